The van der Waals surface area contributed by atoms with Gasteiger partial charge in [0.2, 0.25) is 11.8 Å². The molecule has 2 aromatic rings. The second-order valence-corrected chi connectivity index (χ2v) is 11.3. The van der Waals surface area contributed by atoms with Crippen LogP contribution in [-0.2, 0) is 28.0 Å². The maximum atomic E-state index is 13.0. The fraction of sp³-hybridized carbons (Fsp3) is 0.448. The highest BCUT2D eigenvalue weighted by molar-refractivity contribution is 6.42. The summed E-state index contributed by atoms with van der Waals surface area (Å²) in [5, 5.41) is 13.3. The molecule has 9 heteroatoms. The number of benzene rings is 2. The molecule has 38 heavy (non-hydrogen) atoms. The molecule has 7 nitrogen and oxygen atoms in total. The summed E-state index contributed by atoms with van der Waals surface area (Å²) in [6.07, 6.45) is 4.99. The Morgan fingerprint density at radius 2 is 1.84 bits per heavy atom. The quantitative estimate of drug-likeness (QED) is 0.399. The molecular weight excluding hydrogens is 523 g/mol. The number of unbranched alkanes of at least 4 members (excludes halogenated alkanes) is 1. The van der Waals surface area contributed by atoms with Crippen molar-refractivity contribution in [3.63, 3.8) is 0 Å². The molecule has 0 aliphatic carbocycles. The zero-order valence-electron chi connectivity index (χ0n) is 21.1. The van der Waals surface area contributed by atoms with Crippen molar-refractivity contribution >= 4 is 40.9 Å². The number of halogens is 2. The van der Waals surface area contributed by atoms with Crippen molar-refractivity contribution < 1.29 is 14.4 Å². The van der Waals surface area contributed by atoms with Crippen LogP contribution in [0.2, 0.25) is 10.0 Å². The minimum absolute atomic E-state index is 0.132. The number of carbonyl (C=O) groups is 3. The van der Waals surface area contributed by atoms with Gasteiger partial charge in [0.15, 0.2) is 0 Å². The Morgan fingerprint density at radius 1 is 1.05 bits per heavy atom. The van der Waals surface area contributed by atoms with Gasteiger partial charge in [-0.05, 0) is 93.0 Å². The number of aryl methyl sites for hydroxylation is 1. The van der Waals surface area contributed by atoms with Crippen LogP contribution in [-0.4, -0.2) is 53.2 Å². The van der Waals surface area contributed by atoms with Gasteiger partial charge < -0.3 is 9.80 Å². The minimum atomic E-state index is -0.594. The normalized spacial score (nSPS) is 21.2. The van der Waals surface area contributed by atoms with Crippen LogP contribution in [0.5, 0.6) is 0 Å². The third kappa shape index (κ3) is 5.18. The summed E-state index contributed by atoms with van der Waals surface area (Å²) in [6, 6.07) is 13.3. The van der Waals surface area contributed by atoms with Crippen molar-refractivity contribution in [1.29, 1.82) is 5.26 Å². The molecule has 3 amide bonds. The Balaban J connectivity index is 1.13. The summed E-state index contributed by atoms with van der Waals surface area (Å²) in [7, 11) is 0. The molecule has 0 radical (unpaired) electrons. The molecule has 2 saturated heterocycles. The largest absolute Gasteiger partial charge is 0.322 e. The van der Waals surface area contributed by atoms with E-state index in [-0.39, 0.29) is 24.1 Å². The van der Waals surface area contributed by atoms with E-state index in [9.17, 15) is 19.6 Å². The van der Waals surface area contributed by atoms with Gasteiger partial charge in [-0.2, -0.15) is 5.26 Å². The van der Waals surface area contributed by atoms with Crippen LogP contribution >= 0.6 is 23.2 Å². The van der Waals surface area contributed by atoms with Gasteiger partial charge in [0.25, 0.3) is 5.91 Å². The number of rotatable bonds is 7. The second-order valence-electron chi connectivity index (χ2n) is 10.5. The van der Waals surface area contributed by atoms with Gasteiger partial charge in [-0.25, -0.2) is 0 Å². The number of hydrogen-bond acceptors (Lipinski definition) is 5. The Kier molecular flexibility index (Phi) is 7.76. The number of carbonyl (C=O) groups excluding carboxylic acids is 3. The predicted octanol–water partition coefficient (Wildman–Crippen LogP) is 4.63. The van der Waals surface area contributed by atoms with Crippen LogP contribution in [0.4, 0.5) is 0 Å². The molecular formula is C29H30Cl2N4O3. The zero-order chi connectivity index (χ0) is 26.9. The molecule has 1 unspecified atom stereocenters. The van der Waals surface area contributed by atoms with Gasteiger partial charge in [-0.15, -0.1) is 0 Å². The predicted molar refractivity (Wildman–Crippen MR) is 145 cm³/mol. The number of likely N-dealkylation sites (tertiary alicyclic amines) is 1. The number of imide groups is 1. The maximum Gasteiger partial charge on any atom is 0.255 e. The Morgan fingerprint density at radius 3 is 2.55 bits per heavy atom. The lowest BCUT2D eigenvalue weighted by Crippen LogP contribution is -2.52. The molecule has 0 spiro atoms. The SMILES string of the molecule is N#CC1(c2ccc(Cl)c(Cl)c2)CCN(CCCCc2cccc3c2CN(C2CCC(=O)NC2=O)C3=O)CC1. The fourth-order valence-corrected chi connectivity index (χ4v) is 6.25. The third-order valence-electron chi connectivity index (χ3n) is 8.25. The van der Waals surface area contributed by atoms with E-state index in [0.29, 0.717) is 28.6 Å². The Labute approximate surface area is 232 Å². The summed E-state index contributed by atoms with van der Waals surface area (Å²) < 4.78 is 0. The molecule has 3 aliphatic rings. The zero-order valence-corrected chi connectivity index (χ0v) is 22.7. The summed E-state index contributed by atoms with van der Waals surface area (Å²) in [5.74, 6) is -0.796. The van der Waals surface area contributed by atoms with Crippen LogP contribution < -0.4 is 5.32 Å². The summed E-state index contributed by atoms with van der Waals surface area (Å²) in [5.41, 5.74) is 3.22. The van der Waals surface area contributed by atoms with Gasteiger partial charge in [0.05, 0.1) is 21.5 Å². The number of nitrogens with zero attached hydrogens (tertiary/aromatic N) is 3. The van der Waals surface area contributed by atoms with Gasteiger partial charge in [-0.1, -0.05) is 41.4 Å². The van der Waals surface area contributed by atoms with E-state index in [1.165, 1.54) is 0 Å². The third-order valence-corrected chi connectivity index (χ3v) is 8.98. The van der Waals surface area contributed by atoms with Crippen LogP contribution in [0.1, 0.15) is 65.6 Å². The van der Waals surface area contributed by atoms with E-state index in [1.807, 2.05) is 24.3 Å². The first-order valence-electron chi connectivity index (χ1n) is 13.2. The molecule has 1 N–H and O–H groups in total. The number of nitrogens with one attached hydrogen (secondary N) is 1. The average Bonchev–Trinajstić information content (AvgIpc) is 3.25. The molecule has 2 fully saturated rings. The molecule has 0 saturated carbocycles. The highest BCUT2D eigenvalue weighted by atomic mass is 35.5. The van der Waals surface area contributed by atoms with Crippen LogP contribution in [0.3, 0.4) is 0 Å². The van der Waals surface area contributed by atoms with Gasteiger partial charge >= 0.3 is 0 Å². The van der Waals surface area contributed by atoms with Gasteiger partial charge in [0, 0.05) is 18.5 Å². The van der Waals surface area contributed by atoms with E-state index in [0.717, 1.165) is 68.4 Å². The smallest absolute Gasteiger partial charge is 0.255 e. The lowest BCUT2D eigenvalue weighted by Gasteiger charge is -2.37. The first-order chi connectivity index (χ1) is 18.3. The molecule has 5 rings (SSSR count). The van der Waals surface area contributed by atoms with Crippen LogP contribution in [0.15, 0.2) is 36.4 Å². The lowest BCUT2D eigenvalue weighted by molar-refractivity contribution is -0.136. The average molecular weight is 553 g/mol. The van der Waals surface area contributed by atoms with E-state index in [2.05, 4.69) is 22.4 Å². The van der Waals surface area contributed by atoms with Crippen molar-refractivity contribution in [2.45, 2.75) is 62.9 Å². The van der Waals surface area contributed by atoms with E-state index < -0.39 is 11.5 Å². The molecule has 0 aromatic heterocycles. The fourth-order valence-electron chi connectivity index (χ4n) is 5.95. The van der Waals surface area contributed by atoms with Crippen molar-refractivity contribution in [2.75, 3.05) is 19.6 Å². The van der Waals surface area contributed by atoms with E-state index in [4.69, 9.17) is 23.2 Å². The monoisotopic (exact) mass is 552 g/mol. The first kappa shape index (κ1) is 26.7. The maximum absolute atomic E-state index is 13.0. The minimum Gasteiger partial charge on any atom is -0.322 e. The number of piperidine rings is 2. The van der Waals surface area contributed by atoms with E-state index >= 15 is 0 Å². The number of nitriles is 1. The van der Waals surface area contributed by atoms with Crippen molar-refractivity contribution in [1.82, 2.24) is 15.1 Å². The number of fused-ring (bicyclic) bond motifs is 1. The van der Waals surface area contributed by atoms with Gasteiger partial charge in [-0.3, -0.25) is 19.7 Å². The number of amides is 3. The highest BCUT2D eigenvalue weighted by Gasteiger charge is 2.40. The number of hydrogen-bond donors (Lipinski definition) is 1. The molecule has 2 aromatic carbocycles. The van der Waals surface area contributed by atoms with E-state index in [1.54, 1.807) is 11.0 Å². The van der Waals surface area contributed by atoms with Crippen LogP contribution in [0, 0.1) is 11.3 Å². The Bertz CT molecular complexity index is 1310. The molecule has 3 aliphatic heterocycles. The standard InChI is InChI=1S/C29H30Cl2N4O3/c30-23-8-7-20(16-24(23)31)29(18-32)11-14-34(15-12-29)13-2-1-4-19-5-3-6-21-22(19)17-35(28(21)38)25-9-10-26(36)33-27(25)37/h3,5-8,16,25H,1-2,4,9-15,17H2,(H,33,36,37). The summed E-state index contributed by atoms with van der Waals surface area (Å²) in [4.78, 5) is 40.9. The van der Waals surface area contributed by atoms with Crippen molar-refractivity contribution in [3.05, 3.63) is 68.7 Å². The molecule has 0 bridgehead atoms. The molecule has 198 valence electrons. The Hall–Kier alpha value is -2.92. The topological polar surface area (TPSA) is 93.5 Å². The molecule has 3 heterocycles. The van der Waals surface area contributed by atoms with Crippen molar-refractivity contribution in [3.8, 4) is 6.07 Å². The summed E-state index contributed by atoms with van der Waals surface area (Å²) in [6.45, 7) is 3.07. The highest BCUT2D eigenvalue weighted by Crippen LogP contribution is 2.38. The van der Waals surface area contributed by atoms with Crippen molar-refractivity contribution in [2.24, 2.45) is 0 Å². The van der Waals surface area contributed by atoms with Gasteiger partial charge in [0.1, 0.15) is 6.04 Å². The first-order valence-corrected chi connectivity index (χ1v) is 13.9. The molecule has 1 atom stereocenters. The summed E-state index contributed by atoms with van der Waals surface area (Å²) >= 11 is 12.3. The second kappa shape index (κ2) is 11.1. The van der Waals surface area contributed by atoms with Crippen LogP contribution in [0.25, 0.3) is 0 Å². The lowest BCUT2D eigenvalue weighted by atomic mass is 9.74.